The molecule has 4 nitrogen and oxygen atoms in total. The van der Waals surface area contributed by atoms with Crippen molar-refractivity contribution in [3.63, 3.8) is 0 Å². The van der Waals surface area contributed by atoms with Crippen LogP contribution in [-0.4, -0.2) is 26.5 Å². The van der Waals surface area contributed by atoms with E-state index in [0.717, 1.165) is 17.8 Å². The molecule has 6 heteroatoms. The quantitative estimate of drug-likeness (QED) is 0.891. The molecule has 1 unspecified atom stereocenters. The first-order valence-electron chi connectivity index (χ1n) is 5.49. The van der Waals surface area contributed by atoms with Gasteiger partial charge in [0.25, 0.3) is 0 Å². The lowest BCUT2D eigenvalue weighted by molar-refractivity contribution is 0.522. The number of thiophene rings is 1. The molecule has 1 atom stereocenters. The lowest BCUT2D eigenvalue weighted by Crippen LogP contribution is -2.22. The van der Waals surface area contributed by atoms with Crippen molar-refractivity contribution in [1.29, 1.82) is 5.26 Å². The number of nitrogens with one attached hydrogen (secondary N) is 1. The normalized spacial score (nSPS) is 22.4. The van der Waals surface area contributed by atoms with Crippen LogP contribution < -0.4 is 5.32 Å². The van der Waals surface area contributed by atoms with Crippen molar-refractivity contribution in [1.82, 2.24) is 5.32 Å². The Hall–Kier alpha value is -0.900. The summed E-state index contributed by atoms with van der Waals surface area (Å²) in [6.07, 6.45) is 0.767. The summed E-state index contributed by atoms with van der Waals surface area (Å²) in [4.78, 5) is 1.83. The van der Waals surface area contributed by atoms with Crippen LogP contribution in [0.4, 0.5) is 0 Å². The van der Waals surface area contributed by atoms with Crippen LogP contribution in [0.15, 0.2) is 12.1 Å². The molecular weight excluding hydrogens is 256 g/mol. The van der Waals surface area contributed by atoms with Gasteiger partial charge in [-0.3, -0.25) is 0 Å². The Kier molecular flexibility index (Phi) is 3.82. The van der Waals surface area contributed by atoms with E-state index in [0.29, 0.717) is 22.9 Å². The Bertz CT molecular complexity index is 528. The first-order chi connectivity index (χ1) is 8.09. The van der Waals surface area contributed by atoms with Gasteiger partial charge >= 0.3 is 0 Å². The van der Waals surface area contributed by atoms with Gasteiger partial charge in [-0.25, -0.2) is 8.42 Å². The van der Waals surface area contributed by atoms with Gasteiger partial charge in [0.05, 0.1) is 11.5 Å². The van der Waals surface area contributed by atoms with E-state index in [-0.39, 0.29) is 5.92 Å². The second kappa shape index (κ2) is 5.17. The van der Waals surface area contributed by atoms with E-state index in [9.17, 15) is 8.42 Å². The molecule has 2 rings (SSSR count). The van der Waals surface area contributed by atoms with E-state index in [1.807, 2.05) is 12.1 Å². The molecule has 0 aliphatic carbocycles. The maximum atomic E-state index is 11.3. The molecule has 1 aromatic heterocycles. The highest BCUT2D eigenvalue weighted by atomic mass is 32.2. The third-order valence-corrected chi connectivity index (χ3v) is 5.66. The molecule has 1 saturated heterocycles. The van der Waals surface area contributed by atoms with Gasteiger partial charge in [0.2, 0.25) is 0 Å². The highest BCUT2D eigenvalue weighted by Crippen LogP contribution is 2.18. The average molecular weight is 270 g/mol. The lowest BCUT2D eigenvalue weighted by Gasteiger charge is -2.08. The second-order valence-electron chi connectivity index (χ2n) is 4.28. The molecule has 2 heterocycles. The zero-order chi connectivity index (χ0) is 12.3. The molecule has 0 spiro atoms. The van der Waals surface area contributed by atoms with E-state index in [2.05, 4.69) is 11.4 Å². The fraction of sp³-hybridized carbons (Fsp3) is 0.545. The molecule has 0 bridgehead atoms. The van der Waals surface area contributed by atoms with Crippen LogP contribution in [-0.2, 0) is 16.4 Å². The van der Waals surface area contributed by atoms with Crippen molar-refractivity contribution in [3.05, 3.63) is 21.9 Å². The summed E-state index contributed by atoms with van der Waals surface area (Å²) < 4.78 is 22.5. The minimum atomic E-state index is -2.77. The molecule has 0 radical (unpaired) electrons. The molecule has 1 fully saturated rings. The Morgan fingerprint density at radius 3 is 2.94 bits per heavy atom. The monoisotopic (exact) mass is 270 g/mol. The van der Waals surface area contributed by atoms with Crippen LogP contribution in [0.3, 0.4) is 0 Å². The predicted molar refractivity (Wildman–Crippen MR) is 67.5 cm³/mol. The van der Waals surface area contributed by atoms with Gasteiger partial charge in [-0.05, 0) is 31.0 Å². The Labute approximate surface area is 105 Å². The Morgan fingerprint density at radius 2 is 2.35 bits per heavy atom. The Morgan fingerprint density at radius 1 is 1.53 bits per heavy atom. The van der Waals surface area contributed by atoms with Crippen molar-refractivity contribution < 1.29 is 8.42 Å². The first kappa shape index (κ1) is 12.6. The highest BCUT2D eigenvalue weighted by molar-refractivity contribution is 7.91. The van der Waals surface area contributed by atoms with Crippen LogP contribution in [0.5, 0.6) is 0 Å². The molecule has 1 aliphatic heterocycles. The van der Waals surface area contributed by atoms with Crippen molar-refractivity contribution in [2.45, 2.75) is 13.0 Å². The lowest BCUT2D eigenvalue weighted by atomic mass is 10.1. The van der Waals surface area contributed by atoms with Crippen molar-refractivity contribution in [3.8, 4) is 6.07 Å². The van der Waals surface area contributed by atoms with Crippen molar-refractivity contribution >= 4 is 21.2 Å². The van der Waals surface area contributed by atoms with Crippen LogP contribution in [0.2, 0.25) is 0 Å². The van der Waals surface area contributed by atoms with E-state index < -0.39 is 9.84 Å². The van der Waals surface area contributed by atoms with Crippen LogP contribution in [0, 0.1) is 17.2 Å². The molecule has 17 heavy (non-hydrogen) atoms. The summed E-state index contributed by atoms with van der Waals surface area (Å²) in [6, 6.07) is 5.84. The second-order valence-corrected chi connectivity index (χ2v) is 7.67. The maximum absolute atomic E-state index is 11.3. The average Bonchev–Trinajstić information content (AvgIpc) is 2.85. The fourth-order valence-electron chi connectivity index (χ4n) is 1.97. The van der Waals surface area contributed by atoms with Gasteiger partial charge in [0.1, 0.15) is 10.9 Å². The number of hydrogen-bond acceptors (Lipinski definition) is 5. The number of sulfone groups is 1. The van der Waals surface area contributed by atoms with Crippen LogP contribution in [0.25, 0.3) is 0 Å². The minimum absolute atomic E-state index is 0.246. The molecule has 1 N–H and O–H groups in total. The third-order valence-electron chi connectivity index (χ3n) is 2.83. The van der Waals surface area contributed by atoms with E-state index in [1.54, 1.807) is 0 Å². The molecule has 0 saturated carbocycles. The number of hydrogen-bond donors (Lipinski definition) is 1. The zero-order valence-corrected chi connectivity index (χ0v) is 11.0. The number of nitriles is 1. The Balaban J connectivity index is 1.75. The summed E-state index contributed by atoms with van der Waals surface area (Å²) in [5.74, 6) is 0.889. The number of rotatable bonds is 4. The van der Waals surface area contributed by atoms with Crippen LogP contribution in [0.1, 0.15) is 16.2 Å². The molecule has 1 aliphatic rings. The maximum Gasteiger partial charge on any atom is 0.150 e. The predicted octanol–water partition coefficient (Wildman–Crippen LogP) is 1.14. The smallest absolute Gasteiger partial charge is 0.150 e. The minimum Gasteiger partial charge on any atom is -0.312 e. The van der Waals surface area contributed by atoms with Gasteiger partial charge in [-0.15, -0.1) is 11.3 Å². The summed E-state index contributed by atoms with van der Waals surface area (Å²) in [7, 11) is -2.77. The van der Waals surface area contributed by atoms with Gasteiger partial charge in [0, 0.05) is 11.4 Å². The van der Waals surface area contributed by atoms with Crippen molar-refractivity contribution in [2.24, 2.45) is 5.92 Å². The van der Waals surface area contributed by atoms with E-state index in [4.69, 9.17) is 5.26 Å². The van der Waals surface area contributed by atoms with E-state index >= 15 is 0 Å². The SMILES string of the molecule is N#Cc1ccc(CNCC2CCS(=O)(=O)C2)s1. The summed E-state index contributed by atoms with van der Waals surface area (Å²) >= 11 is 1.47. The first-order valence-corrected chi connectivity index (χ1v) is 8.13. The summed E-state index contributed by atoms with van der Waals surface area (Å²) in [5, 5.41) is 11.9. The van der Waals surface area contributed by atoms with Crippen molar-refractivity contribution in [2.75, 3.05) is 18.1 Å². The topological polar surface area (TPSA) is 70.0 Å². The largest absolute Gasteiger partial charge is 0.312 e. The van der Waals surface area contributed by atoms with Gasteiger partial charge < -0.3 is 5.32 Å². The van der Waals surface area contributed by atoms with Gasteiger partial charge in [-0.2, -0.15) is 5.26 Å². The molecular formula is C11H14N2O2S2. The summed E-state index contributed by atoms with van der Waals surface area (Å²) in [6.45, 7) is 1.45. The molecule has 0 amide bonds. The standard InChI is InChI=1S/C11H14N2O2S2/c12-5-10-1-2-11(16-10)7-13-6-9-3-4-17(14,15)8-9/h1-2,9,13H,3-4,6-8H2. The van der Waals surface area contributed by atoms with Gasteiger partial charge in [0.15, 0.2) is 9.84 Å². The zero-order valence-electron chi connectivity index (χ0n) is 9.35. The fourth-order valence-corrected chi connectivity index (χ4v) is 4.60. The molecule has 92 valence electrons. The highest BCUT2D eigenvalue weighted by Gasteiger charge is 2.27. The summed E-state index contributed by atoms with van der Waals surface area (Å²) in [5.41, 5.74) is 0. The van der Waals surface area contributed by atoms with E-state index in [1.165, 1.54) is 11.3 Å². The molecule has 1 aromatic rings. The molecule has 0 aromatic carbocycles. The van der Waals surface area contributed by atoms with Crippen LogP contribution >= 0.6 is 11.3 Å². The number of nitrogens with zero attached hydrogens (tertiary/aromatic N) is 1. The third kappa shape index (κ3) is 3.53. The van der Waals surface area contributed by atoms with Gasteiger partial charge in [-0.1, -0.05) is 0 Å².